The zero-order chi connectivity index (χ0) is 10.4. The van der Waals surface area contributed by atoms with Crippen molar-refractivity contribution in [3.05, 3.63) is 0 Å². The maximum atomic E-state index is 11.9. The van der Waals surface area contributed by atoms with E-state index in [2.05, 4.69) is 0 Å². The fourth-order valence-corrected chi connectivity index (χ4v) is 2.55. The molecule has 1 atom stereocenters. The van der Waals surface area contributed by atoms with Crippen molar-refractivity contribution >= 4 is 17.7 Å². The molecule has 2 N–H and O–H groups in total. The number of nitrogens with two attached hydrogens (primary N) is 1. The second kappa shape index (κ2) is 6.30. The van der Waals surface area contributed by atoms with E-state index in [1.165, 1.54) is 0 Å². The Balaban J connectivity index is 2.30. The van der Waals surface area contributed by atoms with E-state index in [0.717, 1.165) is 37.4 Å². The van der Waals surface area contributed by atoms with Crippen LogP contribution in [-0.4, -0.2) is 41.9 Å². The molecule has 1 saturated heterocycles. The van der Waals surface area contributed by atoms with Crippen molar-refractivity contribution in [2.45, 2.75) is 19.8 Å². The second-order valence-electron chi connectivity index (χ2n) is 3.77. The van der Waals surface area contributed by atoms with Crippen molar-refractivity contribution in [3.8, 4) is 0 Å². The highest BCUT2D eigenvalue weighted by atomic mass is 32.2. The van der Waals surface area contributed by atoms with Gasteiger partial charge in [0.15, 0.2) is 0 Å². The predicted molar refractivity (Wildman–Crippen MR) is 61.4 cm³/mol. The maximum Gasteiger partial charge on any atom is 0.225 e. The predicted octanol–water partition coefficient (Wildman–Crippen LogP) is 0.937. The monoisotopic (exact) mass is 216 g/mol. The number of nitrogens with zero attached hydrogens (tertiary/aromatic N) is 1. The van der Waals surface area contributed by atoms with Gasteiger partial charge in [0, 0.05) is 30.5 Å². The molecular weight excluding hydrogens is 196 g/mol. The van der Waals surface area contributed by atoms with Gasteiger partial charge in [-0.05, 0) is 19.4 Å². The van der Waals surface area contributed by atoms with E-state index in [-0.39, 0.29) is 5.92 Å². The molecule has 14 heavy (non-hydrogen) atoms. The summed E-state index contributed by atoms with van der Waals surface area (Å²) in [5.74, 6) is 2.66. The minimum Gasteiger partial charge on any atom is -0.341 e. The van der Waals surface area contributed by atoms with Gasteiger partial charge in [-0.15, -0.1) is 0 Å². The number of carbonyl (C=O) groups is 1. The van der Waals surface area contributed by atoms with Gasteiger partial charge in [-0.3, -0.25) is 4.79 Å². The van der Waals surface area contributed by atoms with E-state index < -0.39 is 0 Å². The topological polar surface area (TPSA) is 46.3 Å². The van der Waals surface area contributed by atoms with Crippen molar-refractivity contribution < 1.29 is 4.79 Å². The number of rotatable bonds is 4. The first-order valence-electron chi connectivity index (χ1n) is 5.32. The molecule has 82 valence electrons. The van der Waals surface area contributed by atoms with Crippen LogP contribution in [-0.2, 0) is 4.79 Å². The molecule has 0 aliphatic carbocycles. The van der Waals surface area contributed by atoms with Crippen LogP contribution in [0.25, 0.3) is 0 Å². The molecule has 0 saturated carbocycles. The normalized spacial score (nSPS) is 19.4. The summed E-state index contributed by atoms with van der Waals surface area (Å²) in [5, 5.41) is 0. The highest BCUT2D eigenvalue weighted by molar-refractivity contribution is 7.99. The van der Waals surface area contributed by atoms with E-state index >= 15 is 0 Å². The quantitative estimate of drug-likeness (QED) is 0.760. The molecule has 4 heteroatoms. The van der Waals surface area contributed by atoms with Crippen molar-refractivity contribution in [1.29, 1.82) is 0 Å². The molecule has 0 aromatic carbocycles. The Hall–Kier alpha value is -0.220. The lowest BCUT2D eigenvalue weighted by atomic mass is 10.0. The van der Waals surface area contributed by atoms with Crippen LogP contribution in [0.4, 0.5) is 0 Å². The van der Waals surface area contributed by atoms with Gasteiger partial charge < -0.3 is 10.6 Å². The summed E-state index contributed by atoms with van der Waals surface area (Å²) in [6, 6.07) is 0. The lowest BCUT2D eigenvalue weighted by Crippen LogP contribution is -2.40. The van der Waals surface area contributed by atoms with Crippen LogP contribution in [0.15, 0.2) is 0 Å². The largest absolute Gasteiger partial charge is 0.341 e. The number of amides is 1. The lowest BCUT2D eigenvalue weighted by Gasteiger charge is -2.28. The van der Waals surface area contributed by atoms with E-state index in [0.29, 0.717) is 12.5 Å². The SMILES string of the molecule is CC(CCCN)C(=O)N1CCSCC1. The van der Waals surface area contributed by atoms with E-state index in [4.69, 9.17) is 5.73 Å². The highest BCUT2D eigenvalue weighted by Gasteiger charge is 2.21. The van der Waals surface area contributed by atoms with E-state index in [1.807, 2.05) is 23.6 Å². The molecule has 1 unspecified atom stereocenters. The van der Waals surface area contributed by atoms with E-state index in [1.54, 1.807) is 0 Å². The smallest absolute Gasteiger partial charge is 0.225 e. The first-order chi connectivity index (χ1) is 6.75. The van der Waals surface area contributed by atoms with Crippen molar-refractivity contribution in [2.75, 3.05) is 31.1 Å². The van der Waals surface area contributed by atoms with Gasteiger partial charge in [-0.1, -0.05) is 6.92 Å². The molecule has 1 amide bonds. The Morgan fingerprint density at radius 3 is 2.71 bits per heavy atom. The van der Waals surface area contributed by atoms with Crippen molar-refractivity contribution in [2.24, 2.45) is 11.7 Å². The molecular formula is C10H20N2OS. The summed E-state index contributed by atoms with van der Waals surface area (Å²) < 4.78 is 0. The Bertz CT molecular complexity index is 181. The first kappa shape index (κ1) is 11.9. The number of carbonyl (C=O) groups excluding carboxylic acids is 1. The van der Waals surface area contributed by atoms with Crippen LogP contribution < -0.4 is 5.73 Å². The average Bonchev–Trinajstić information content (AvgIpc) is 2.26. The maximum absolute atomic E-state index is 11.9. The van der Waals surface area contributed by atoms with Gasteiger partial charge >= 0.3 is 0 Å². The van der Waals surface area contributed by atoms with Crippen molar-refractivity contribution in [3.63, 3.8) is 0 Å². The molecule has 0 spiro atoms. The van der Waals surface area contributed by atoms with Crippen molar-refractivity contribution in [1.82, 2.24) is 4.90 Å². The molecule has 1 rings (SSSR count). The summed E-state index contributed by atoms with van der Waals surface area (Å²) in [5.41, 5.74) is 5.43. The van der Waals surface area contributed by atoms with E-state index in [9.17, 15) is 4.79 Å². The lowest BCUT2D eigenvalue weighted by molar-refractivity contribution is -0.134. The van der Waals surface area contributed by atoms with Gasteiger partial charge in [0.1, 0.15) is 0 Å². The van der Waals surface area contributed by atoms with Crippen LogP contribution in [0.2, 0.25) is 0 Å². The third-order valence-electron chi connectivity index (χ3n) is 2.59. The fourth-order valence-electron chi connectivity index (χ4n) is 1.64. The number of hydrogen-bond donors (Lipinski definition) is 1. The van der Waals surface area contributed by atoms with Gasteiger partial charge in [-0.2, -0.15) is 11.8 Å². The van der Waals surface area contributed by atoms with Gasteiger partial charge in [0.2, 0.25) is 5.91 Å². The third-order valence-corrected chi connectivity index (χ3v) is 3.53. The third kappa shape index (κ3) is 3.50. The van der Waals surface area contributed by atoms with Crippen LogP contribution in [0.3, 0.4) is 0 Å². The van der Waals surface area contributed by atoms with Gasteiger partial charge in [-0.25, -0.2) is 0 Å². The summed E-state index contributed by atoms with van der Waals surface area (Å²) in [6.45, 7) is 4.56. The van der Waals surface area contributed by atoms with Crippen LogP contribution in [0.5, 0.6) is 0 Å². The zero-order valence-electron chi connectivity index (χ0n) is 8.87. The van der Waals surface area contributed by atoms with Gasteiger partial charge in [0.05, 0.1) is 0 Å². The average molecular weight is 216 g/mol. The number of hydrogen-bond acceptors (Lipinski definition) is 3. The molecule has 3 nitrogen and oxygen atoms in total. The molecule has 0 radical (unpaired) electrons. The van der Waals surface area contributed by atoms with Crippen LogP contribution in [0, 0.1) is 5.92 Å². The molecule has 1 aliphatic heterocycles. The summed E-state index contributed by atoms with van der Waals surface area (Å²) in [4.78, 5) is 13.9. The Labute approximate surface area is 90.4 Å². The Morgan fingerprint density at radius 1 is 1.50 bits per heavy atom. The Kier molecular flexibility index (Phi) is 5.33. The van der Waals surface area contributed by atoms with Crippen LogP contribution >= 0.6 is 11.8 Å². The highest BCUT2D eigenvalue weighted by Crippen LogP contribution is 2.14. The molecule has 1 fully saturated rings. The summed E-state index contributed by atoms with van der Waals surface area (Å²) in [7, 11) is 0. The Morgan fingerprint density at radius 2 is 2.14 bits per heavy atom. The zero-order valence-corrected chi connectivity index (χ0v) is 9.68. The standard InChI is InChI=1S/C10H20N2OS/c1-9(3-2-4-11)10(13)12-5-7-14-8-6-12/h9H,2-8,11H2,1H3. The minimum atomic E-state index is 0.154. The summed E-state index contributed by atoms with van der Waals surface area (Å²) >= 11 is 1.93. The second-order valence-corrected chi connectivity index (χ2v) is 4.99. The summed E-state index contributed by atoms with van der Waals surface area (Å²) in [6.07, 6.45) is 1.88. The molecule has 1 heterocycles. The molecule has 1 aliphatic rings. The van der Waals surface area contributed by atoms with Crippen LogP contribution in [0.1, 0.15) is 19.8 Å². The van der Waals surface area contributed by atoms with Gasteiger partial charge in [0.25, 0.3) is 0 Å². The minimum absolute atomic E-state index is 0.154. The fraction of sp³-hybridized carbons (Fsp3) is 0.900. The molecule has 0 aromatic rings. The molecule has 0 bridgehead atoms. The molecule has 0 aromatic heterocycles. The first-order valence-corrected chi connectivity index (χ1v) is 6.47. The number of thioether (sulfide) groups is 1.